The fraction of sp³-hybridized carbons (Fsp3) is 0.455. The van der Waals surface area contributed by atoms with E-state index in [1.165, 1.54) is 7.11 Å². The van der Waals surface area contributed by atoms with E-state index in [-0.39, 0.29) is 11.2 Å². The van der Waals surface area contributed by atoms with E-state index in [2.05, 4.69) is 13.8 Å². The van der Waals surface area contributed by atoms with Gasteiger partial charge in [0.2, 0.25) is 0 Å². The van der Waals surface area contributed by atoms with E-state index in [1.54, 1.807) is 6.07 Å². The Balaban J connectivity index is 3.12. The first-order valence-electron chi connectivity index (χ1n) is 4.59. The van der Waals surface area contributed by atoms with E-state index in [1.807, 2.05) is 12.1 Å². The lowest BCUT2D eigenvalue weighted by Gasteiger charge is -2.23. The molecular formula is C11H17NO2. The Hall–Kier alpha value is -1.22. The summed E-state index contributed by atoms with van der Waals surface area (Å²) in [6.07, 6.45) is 0. The zero-order valence-electron chi connectivity index (χ0n) is 8.87. The maximum atomic E-state index is 9.42. The normalized spacial score (nSPS) is 11.4. The van der Waals surface area contributed by atoms with Crippen LogP contribution in [0.25, 0.3) is 0 Å². The Kier molecular flexibility index (Phi) is 3.01. The van der Waals surface area contributed by atoms with Gasteiger partial charge in [0.05, 0.1) is 7.11 Å². The lowest BCUT2D eigenvalue weighted by molar-refractivity contribution is 0.371. The number of aromatic hydroxyl groups is 1. The summed E-state index contributed by atoms with van der Waals surface area (Å²) < 4.78 is 5.03. The van der Waals surface area contributed by atoms with Gasteiger partial charge in [-0.25, -0.2) is 0 Å². The van der Waals surface area contributed by atoms with Crippen LogP contribution in [-0.4, -0.2) is 18.8 Å². The minimum Gasteiger partial charge on any atom is -0.504 e. The summed E-state index contributed by atoms with van der Waals surface area (Å²) in [5, 5.41) is 9.42. The molecular weight excluding hydrogens is 178 g/mol. The number of methoxy groups -OCH3 is 1. The fourth-order valence-corrected chi connectivity index (χ4v) is 1.22. The maximum absolute atomic E-state index is 9.42. The second-order valence-electron chi connectivity index (χ2n) is 3.97. The average molecular weight is 195 g/mol. The van der Waals surface area contributed by atoms with Crippen LogP contribution in [0, 0.1) is 0 Å². The highest BCUT2D eigenvalue weighted by Crippen LogP contribution is 2.31. The summed E-state index contributed by atoms with van der Waals surface area (Å²) >= 11 is 0. The summed E-state index contributed by atoms with van der Waals surface area (Å²) in [7, 11) is 1.54. The van der Waals surface area contributed by atoms with Crippen LogP contribution in [0.3, 0.4) is 0 Å². The Bertz CT molecular complexity index is 321. The standard InChI is InChI=1S/C11H17NO2/c1-11(2,7-12)8-4-5-9(13)10(6-8)14-3/h4-6,13H,7,12H2,1-3H3. The first-order valence-corrected chi connectivity index (χ1v) is 4.59. The molecule has 0 saturated carbocycles. The molecule has 1 rings (SSSR count). The number of phenolic OH excluding ortho intramolecular Hbond substituents is 1. The van der Waals surface area contributed by atoms with Gasteiger partial charge in [-0.1, -0.05) is 19.9 Å². The summed E-state index contributed by atoms with van der Waals surface area (Å²) in [5.41, 5.74) is 6.63. The molecule has 0 aliphatic carbocycles. The van der Waals surface area contributed by atoms with Gasteiger partial charge in [0.25, 0.3) is 0 Å². The van der Waals surface area contributed by atoms with Gasteiger partial charge in [0.1, 0.15) is 0 Å². The van der Waals surface area contributed by atoms with Gasteiger partial charge in [-0.05, 0) is 17.7 Å². The molecule has 1 aromatic carbocycles. The molecule has 1 aromatic rings. The number of nitrogens with two attached hydrogens (primary N) is 1. The van der Waals surface area contributed by atoms with Gasteiger partial charge < -0.3 is 15.6 Å². The van der Waals surface area contributed by atoms with Gasteiger partial charge in [0.15, 0.2) is 11.5 Å². The van der Waals surface area contributed by atoms with Crippen LogP contribution >= 0.6 is 0 Å². The van der Waals surface area contributed by atoms with Gasteiger partial charge in [0, 0.05) is 12.0 Å². The molecule has 0 fully saturated rings. The van der Waals surface area contributed by atoms with E-state index in [0.717, 1.165) is 5.56 Å². The molecule has 0 spiro atoms. The Morgan fingerprint density at radius 3 is 2.57 bits per heavy atom. The predicted octanol–water partition coefficient (Wildman–Crippen LogP) is 1.64. The van der Waals surface area contributed by atoms with E-state index in [9.17, 15) is 5.11 Å². The zero-order valence-corrected chi connectivity index (χ0v) is 8.87. The van der Waals surface area contributed by atoms with Crippen molar-refractivity contribution >= 4 is 0 Å². The van der Waals surface area contributed by atoms with Crippen molar-refractivity contribution in [2.75, 3.05) is 13.7 Å². The summed E-state index contributed by atoms with van der Waals surface area (Å²) in [4.78, 5) is 0. The molecule has 0 bridgehead atoms. The Morgan fingerprint density at radius 2 is 2.07 bits per heavy atom. The number of ether oxygens (including phenoxy) is 1. The van der Waals surface area contributed by atoms with Crippen LogP contribution in [0.1, 0.15) is 19.4 Å². The van der Waals surface area contributed by atoms with E-state index < -0.39 is 0 Å². The van der Waals surface area contributed by atoms with Gasteiger partial charge in [-0.15, -0.1) is 0 Å². The molecule has 14 heavy (non-hydrogen) atoms. The smallest absolute Gasteiger partial charge is 0.160 e. The highest BCUT2D eigenvalue weighted by Gasteiger charge is 2.19. The number of phenols is 1. The molecule has 0 aliphatic rings. The second-order valence-corrected chi connectivity index (χ2v) is 3.97. The van der Waals surface area contributed by atoms with E-state index in [4.69, 9.17) is 10.5 Å². The molecule has 0 amide bonds. The van der Waals surface area contributed by atoms with Crippen molar-refractivity contribution in [1.82, 2.24) is 0 Å². The molecule has 0 atom stereocenters. The van der Waals surface area contributed by atoms with Crippen LogP contribution < -0.4 is 10.5 Å². The summed E-state index contributed by atoms with van der Waals surface area (Å²) in [6.45, 7) is 4.67. The molecule has 0 heterocycles. The fourth-order valence-electron chi connectivity index (χ4n) is 1.22. The predicted molar refractivity (Wildman–Crippen MR) is 56.7 cm³/mol. The minimum atomic E-state index is -0.0962. The van der Waals surface area contributed by atoms with E-state index >= 15 is 0 Å². The van der Waals surface area contributed by atoms with Gasteiger partial charge in [-0.3, -0.25) is 0 Å². The summed E-state index contributed by atoms with van der Waals surface area (Å²) in [6, 6.07) is 5.32. The SMILES string of the molecule is COc1cc(C(C)(C)CN)ccc1O. The van der Waals surface area contributed by atoms with Crippen LogP contribution in [0.2, 0.25) is 0 Å². The second kappa shape index (κ2) is 3.88. The average Bonchev–Trinajstić information content (AvgIpc) is 2.18. The van der Waals surface area contributed by atoms with Crippen molar-refractivity contribution < 1.29 is 9.84 Å². The lowest BCUT2D eigenvalue weighted by Crippen LogP contribution is -2.27. The van der Waals surface area contributed by atoms with Crippen molar-refractivity contribution in [3.8, 4) is 11.5 Å². The molecule has 0 aromatic heterocycles. The lowest BCUT2D eigenvalue weighted by atomic mass is 9.85. The molecule has 0 unspecified atom stereocenters. The van der Waals surface area contributed by atoms with Crippen molar-refractivity contribution in [3.05, 3.63) is 23.8 Å². The molecule has 78 valence electrons. The summed E-state index contributed by atoms with van der Waals surface area (Å²) in [5.74, 6) is 0.646. The third kappa shape index (κ3) is 1.99. The highest BCUT2D eigenvalue weighted by molar-refractivity contribution is 5.43. The van der Waals surface area contributed by atoms with Crippen molar-refractivity contribution in [2.24, 2.45) is 5.73 Å². The molecule has 0 saturated heterocycles. The van der Waals surface area contributed by atoms with Crippen LogP contribution in [-0.2, 0) is 5.41 Å². The van der Waals surface area contributed by atoms with Gasteiger partial charge in [-0.2, -0.15) is 0 Å². The largest absolute Gasteiger partial charge is 0.504 e. The molecule has 3 heteroatoms. The van der Waals surface area contributed by atoms with Crippen LogP contribution in [0.5, 0.6) is 11.5 Å². The third-order valence-corrected chi connectivity index (χ3v) is 2.47. The minimum absolute atomic E-state index is 0.0962. The molecule has 0 radical (unpaired) electrons. The number of rotatable bonds is 3. The van der Waals surface area contributed by atoms with Crippen LogP contribution in [0.15, 0.2) is 18.2 Å². The monoisotopic (exact) mass is 195 g/mol. The molecule has 3 N–H and O–H groups in total. The zero-order chi connectivity index (χ0) is 10.8. The number of hydrogen-bond acceptors (Lipinski definition) is 3. The maximum Gasteiger partial charge on any atom is 0.160 e. The van der Waals surface area contributed by atoms with Crippen molar-refractivity contribution in [2.45, 2.75) is 19.3 Å². The Morgan fingerprint density at radius 1 is 1.43 bits per heavy atom. The van der Waals surface area contributed by atoms with Gasteiger partial charge >= 0.3 is 0 Å². The van der Waals surface area contributed by atoms with Crippen LogP contribution in [0.4, 0.5) is 0 Å². The molecule has 0 aliphatic heterocycles. The van der Waals surface area contributed by atoms with E-state index in [0.29, 0.717) is 12.3 Å². The highest BCUT2D eigenvalue weighted by atomic mass is 16.5. The van der Waals surface area contributed by atoms with Crippen molar-refractivity contribution in [1.29, 1.82) is 0 Å². The van der Waals surface area contributed by atoms with Crippen molar-refractivity contribution in [3.63, 3.8) is 0 Å². The number of benzene rings is 1. The first kappa shape index (κ1) is 10.9. The Labute approximate surface area is 84.5 Å². The first-order chi connectivity index (χ1) is 6.51. The molecule has 3 nitrogen and oxygen atoms in total. The quantitative estimate of drug-likeness (QED) is 0.770. The topological polar surface area (TPSA) is 55.5 Å². The number of hydrogen-bond donors (Lipinski definition) is 2. The third-order valence-electron chi connectivity index (χ3n) is 2.47.